The third kappa shape index (κ3) is 4.20. The van der Waals surface area contributed by atoms with E-state index in [1.54, 1.807) is 0 Å². The van der Waals surface area contributed by atoms with Crippen LogP contribution >= 0.6 is 0 Å². The van der Waals surface area contributed by atoms with Crippen LogP contribution in [-0.2, 0) is 10.5 Å². The van der Waals surface area contributed by atoms with Gasteiger partial charge in [-0.2, -0.15) is 0 Å². The van der Waals surface area contributed by atoms with Gasteiger partial charge >= 0.3 is 0 Å². The highest BCUT2D eigenvalue weighted by Crippen LogP contribution is 2.51. The second-order valence-electron chi connectivity index (χ2n) is 13.5. The Labute approximate surface area is 284 Å². The Morgan fingerprint density at radius 1 is 0.542 bits per heavy atom. The topological polar surface area (TPSA) is 17.8 Å². The number of aromatic nitrogens is 2. The Hall–Kier alpha value is -5.28. The predicted octanol–water partition coefficient (Wildman–Crippen LogP) is 9.59. The molecule has 0 bridgehead atoms. The van der Waals surface area contributed by atoms with Gasteiger partial charge in [0.1, 0.15) is 0 Å². The van der Waals surface area contributed by atoms with Gasteiger partial charge in [-0.05, 0) is 96.4 Å². The highest BCUT2D eigenvalue weighted by molar-refractivity contribution is 6.58. The highest BCUT2D eigenvalue weighted by atomic mass is 15.1. The van der Waals surface area contributed by atoms with Crippen LogP contribution < -0.4 is 0 Å². The highest BCUT2D eigenvalue weighted by Gasteiger charge is 2.35. The smallest absolute Gasteiger partial charge is 0.0951 e. The standard InChI is InChI=1S/C43H29B3N2/c1-42(2)35-19-8-7-14-29(35)30-23-22-27(25-36(30)42)40-33-17-5-3-15-31(33)39(32-16-4-6-18-34(32)40)26-12-11-13-28(24-26)48-38-21-10-9-20-37(38)47-41(48)43(44,45)46/h3-25H,1-2H3. The second kappa shape index (κ2) is 10.4. The molecule has 0 aliphatic heterocycles. The Morgan fingerprint density at radius 3 is 1.77 bits per heavy atom. The maximum Gasteiger partial charge on any atom is 0.0951 e. The Bertz CT molecular complexity index is 2530. The quantitative estimate of drug-likeness (QED) is 0.144. The van der Waals surface area contributed by atoms with Gasteiger partial charge in [0.15, 0.2) is 0 Å². The molecule has 0 spiro atoms. The molecule has 6 radical (unpaired) electrons. The van der Waals surface area contributed by atoms with Gasteiger partial charge in [-0.25, -0.2) is 4.98 Å². The molecule has 1 aromatic heterocycles. The predicted molar refractivity (Wildman–Crippen MR) is 203 cm³/mol. The lowest BCUT2D eigenvalue weighted by Gasteiger charge is -2.23. The van der Waals surface area contributed by atoms with Crippen molar-refractivity contribution < 1.29 is 0 Å². The van der Waals surface area contributed by atoms with E-state index in [0.29, 0.717) is 5.82 Å². The summed E-state index contributed by atoms with van der Waals surface area (Å²) in [4.78, 5) is 4.74. The molecule has 5 heteroatoms. The average Bonchev–Trinajstić information content (AvgIpc) is 3.61. The molecule has 1 heterocycles. The van der Waals surface area contributed by atoms with Gasteiger partial charge in [0.05, 0.1) is 40.4 Å². The van der Waals surface area contributed by atoms with Crippen molar-refractivity contribution in [1.29, 1.82) is 0 Å². The summed E-state index contributed by atoms with van der Waals surface area (Å²) in [6.45, 7) is 4.68. The van der Waals surface area contributed by atoms with Crippen LogP contribution in [-0.4, -0.2) is 33.1 Å². The van der Waals surface area contributed by atoms with E-state index in [4.69, 9.17) is 28.5 Å². The summed E-state index contributed by atoms with van der Waals surface area (Å²) in [5.41, 5.74) is 12.6. The van der Waals surface area contributed by atoms with Crippen molar-refractivity contribution in [2.45, 2.75) is 24.4 Å². The van der Waals surface area contributed by atoms with Crippen LogP contribution in [0.1, 0.15) is 30.8 Å². The monoisotopic (exact) mass is 606 g/mol. The molecule has 48 heavy (non-hydrogen) atoms. The molecule has 1 aliphatic carbocycles. The first kappa shape index (κ1) is 28.9. The van der Waals surface area contributed by atoms with E-state index >= 15 is 0 Å². The molecule has 9 rings (SSSR count). The SMILES string of the molecule is [B]C([B])([B])c1nc2ccccc2n1-c1cccc(-c2c3ccccc3c(-c3ccc4c(c3)C(C)(C)c3ccccc3-4)c3ccccc23)c1. The summed E-state index contributed by atoms with van der Waals surface area (Å²) >= 11 is 0. The number of hydrogen-bond acceptors (Lipinski definition) is 1. The van der Waals surface area contributed by atoms with Gasteiger partial charge in [-0.1, -0.05) is 128 Å². The third-order valence-electron chi connectivity index (χ3n) is 10.1. The largest absolute Gasteiger partial charge is 0.298 e. The number of benzene rings is 7. The summed E-state index contributed by atoms with van der Waals surface area (Å²) in [6.07, 6.45) is 0. The van der Waals surface area contributed by atoms with E-state index in [0.717, 1.165) is 22.3 Å². The summed E-state index contributed by atoms with van der Waals surface area (Å²) in [6, 6.07) is 49.8. The maximum absolute atomic E-state index is 6.28. The van der Waals surface area contributed by atoms with Crippen molar-refractivity contribution in [3.63, 3.8) is 0 Å². The number of nitrogens with zero attached hydrogens (tertiary/aromatic N) is 2. The maximum atomic E-state index is 6.28. The van der Waals surface area contributed by atoms with E-state index in [2.05, 4.69) is 129 Å². The average molecular weight is 606 g/mol. The molecule has 0 atom stereocenters. The summed E-state index contributed by atoms with van der Waals surface area (Å²) in [5, 5.41) is 3.18. The van der Waals surface area contributed by atoms with Gasteiger partial charge in [0.2, 0.25) is 0 Å². The van der Waals surface area contributed by atoms with Gasteiger partial charge in [-0.3, -0.25) is 4.57 Å². The van der Waals surface area contributed by atoms with Crippen LogP contribution in [0.3, 0.4) is 0 Å². The Kier molecular flexibility index (Phi) is 6.24. The lowest BCUT2D eigenvalue weighted by Crippen LogP contribution is -2.31. The van der Waals surface area contributed by atoms with E-state index in [9.17, 15) is 0 Å². The molecule has 0 saturated heterocycles. The zero-order valence-electron chi connectivity index (χ0n) is 26.9. The van der Waals surface area contributed by atoms with Crippen LogP contribution in [0.15, 0.2) is 140 Å². The lowest BCUT2D eigenvalue weighted by molar-refractivity contribution is 0.660. The number of hydrogen-bond donors (Lipinski definition) is 0. The van der Waals surface area contributed by atoms with E-state index in [1.807, 2.05) is 28.8 Å². The number of para-hydroxylation sites is 2. The van der Waals surface area contributed by atoms with E-state index in [1.165, 1.54) is 60.5 Å². The third-order valence-corrected chi connectivity index (χ3v) is 10.1. The first-order chi connectivity index (χ1) is 23.2. The molecule has 0 saturated carbocycles. The molecule has 1 aliphatic rings. The summed E-state index contributed by atoms with van der Waals surface area (Å²) < 4.78 is 1.97. The van der Waals surface area contributed by atoms with Crippen molar-refractivity contribution in [3.05, 3.63) is 156 Å². The number of fused-ring (bicyclic) bond motifs is 6. The van der Waals surface area contributed by atoms with Crippen LogP contribution in [0.4, 0.5) is 0 Å². The molecule has 0 N–H and O–H groups in total. The Balaban J connectivity index is 1.30. The number of imidazole rings is 1. The molecular formula is C43H29B3N2. The van der Waals surface area contributed by atoms with Crippen LogP contribution in [0, 0.1) is 0 Å². The van der Waals surface area contributed by atoms with Crippen molar-refractivity contribution in [3.8, 4) is 39.1 Å². The normalized spacial score (nSPS) is 13.6. The lowest BCUT2D eigenvalue weighted by atomic mass is 9.42. The fourth-order valence-electron chi connectivity index (χ4n) is 7.99. The van der Waals surface area contributed by atoms with Gasteiger partial charge in [0.25, 0.3) is 0 Å². The second-order valence-corrected chi connectivity index (χ2v) is 13.5. The van der Waals surface area contributed by atoms with Gasteiger partial charge < -0.3 is 0 Å². The van der Waals surface area contributed by atoms with Crippen molar-refractivity contribution in [1.82, 2.24) is 9.55 Å². The zero-order valence-corrected chi connectivity index (χ0v) is 26.9. The van der Waals surface area contributed by atoms with E-state index < -0.39 is 5.11 Å². The molecule has 0 unspecified atom stereocenters. The zero-order chi connectivity index (χ0) is 32.8. The molecule has 220 valence electrons. The van der Waals surface area contributed by atoms with Crippen LogP contribution in [0.2, 0.25) is 0 Å². The van der Waals surface area contributed by atoms with E-state index in [-0.39, 0.29) is 5.41 Å². The minimum absolute atomic E-state index is 0.0849. The van der Waals surface area contributed by atoms with Crippen LogP contribution in [0.5, 0.6) is 0 Å². The van der Waals surface area contributed by atoms with Gasteiger partial charge in [0, 0.05) is 11.1 Å². The fraction of sp³-hybridized carbons (Fsp3) is 0.0930. The molecular weight excluding hydrogens is 577 g/mol. The van der Waals surface area contributed by atoms with Gasteiger partial charge in [-0.15, -0.1) is 0 Å². The summed E-state index contributed by atoms with van der Waals surface area (Å²) in [7, 11) is 18.8. The van der Waals surface area contributed by atoms with Crippen molar-refractivity contribution in [2.75, 3.05) is 0 Å². The number of rotatable bonds is 4. The van der Waals surface area contributed by atoms with Crippen LogP contribution in [0.25, 0.3) is 71.6 Å². The molecule has 0 fully saturated rings. The molecule has 7 aromatic carbocycles. The first-order valence-corrected chi connectivity index (χ1v) is 16.4. The fourth-order valence-corrected chi connectivity index (χ4v) is 7.99. The van der Waals surface area contributed by atoms with Crippen molar-refractivity contribution >= 4 is 56.1 Å². The molecule has 2 nitrogen and oxygen atoms in total. The summed E-state index contributed by atoms with van der Waals surface area (Å²) in [5.74, 6) is 0.396. The minimum Gasteiger partial charge on any atom is -0.298 e. The molecule has 8 aromatic rings. The van der Waals surface area contributed by atoms with Crippen molar-refractivity contribution in [2.24, 2.45) is 0 Å². The Morgan fingerprint density at radius 2 is 1.10 bits per heavy atom. The first-order valence-electron chi connectivity index (χ1n) is 16.4. The minimum atomic E-state index is -1.62. The molecule has 0 amide bonds.